The Morgan fingerprint density at radius 2 is 1.82 bits per heavy atom. The summed E-state index contributed by atoms with van der Waals surface area (Å²) in [5.41, 5.74) is 7.57. The van der Waals surface area contributed by atoms with Crippen molar-refractivity contribution in [3.05, 3.63) is 89.7 Å². The van der Waals surface area contributed by atoms with E-state index in [0.717, 1.165) is 16.8 Å². The largest absolute Gasteiger partial charge is 0.487 e. The zero-order chi connectivity index (χ0) is 23.8. The van der Waals surface area contributed by atoms with E-state index >= 15 is 0 Å². The number of nitrogens with zero attached hydrogens (tertiary/aromatic N) is 2. The smallest absolute Gasteiger partial charge is 0.224 e. The molecule has 2 amide bonds. The number of carbonyl (C=O) groups excluding carboxylic acids is 2. The molecule has 2 aromatic carbocycles. The van der Waals surface area contributed by atoms with Gasteiger partial charge in [0.1, 0.15) is 12.4 Å². The molecule has 1 aromatic heterocycles. The second-order valence-electron chi connectivity index (χ2n) is 9.12. The fourth-order valence-electron chi connectivity index (χ4n) is 5.40. The van der Waals surface area contributed by atoms with E-state index in [-0.39, 0.29) is 12.5 Å². The number of primary amides is 1. The molecule has 1 radical (unpaired) electrons. The summed E-state index contributed by atoms with van der Waals surface area (Å²) in [5.74, 6) is -0.810. The van der Waals surface area contributed by atoms with E-state index in [2.05, 4.69) is 11.1 Å². The Balaban J connectivity index is 1.89. The lowest BCUT2D eigenvalue weighted by atomic mass is 9.57. The number of pyridine rings is 1. The third kappa shape index (κ3) is 3.75. The highest BCUT2D eigenvalue weighted by Gasteiger charge is 2.57. The van der Waals surface area contributed by atoms with Crippen molar-refractivity contribution >= 4 is 17.5 Å². The molecule has 1 aliphatic heterocycles. The minimum Gasteiger partial charge on any atom is -0.487 e. The van der Waals surface area contributed by atoms with E-state index < -0.39 is 22.8 Å². The first-order valence-electron chi connectivity index (χ1n) is 10.9. The molecule has 2 heterocycles. The maximum atomic E-state index is 12.9. The van der Waals surface area contributed by atoms with Crippen molar-refractivity contribution in [3.8, 4) is 5.75 Å². The summed E-state index contributed by atoms with van der Waals surface area (Å²) >= 11 is 0. The van der Waals surface area contributed by atoms with Crippen LogP contribution in [-0.2, 0) is 21.6 Å². The molecule has 1 aliphatic rings. The van der Waals surface area contributed by atoms with Gasteiger partial charge in [0.25, 0.3) is 0 Å². The van der Waals surface area contributed by atoms with Gasteiger partial charge in [-0.25, -0.2) is 0 Å². The minimum absolute atomic E-state index is 0.176. The van der Waals surface area contributed by atoms with Crippen LogP contribution in [0, 0.1) is 12.0 Å². The monoisotopic (exact) mass is 442 g/mol. The predicted molar refractivity (Wildman–Crippen MR) is 127 cm³/mol. The molecule has 169 valence electrons. The summed E-state index contributed by atoms with van der Waals surface area (Å²) in [5, 5.41) is 0. The van der Waals surface area contributed by atoms with Gasteiger partial charge in [0, 0.05) is 30.7 Å². The van der Waals surface area contributed by atoms with Crippen molar-refractivity contribution in [3.63, 3.8) is 0 Å². The number of benzene rings is 2. The Labute approximate surface area is 194 Å². The average Bonchev–Trinajstić information content (AvgIpc) is 2.77. The molecule has 0 saturated carbocycles. The molecule has 0 spiro atoms. The van der Waals surface area contributed by atoms with E-state index in [0.29, 0.717) is 11.4 Å². The number of anilines is 1. The number of rotatable bonds is 5. The van der Waals surface area contributed by atoms with Gasteiger partial charge in [0.05, 0.1) is 22.8 Å². The molecule has 6 nitrogen and oxygen atoms in total. The van der Waals surface area contributed by atoms with Gasteiger partial charge >= 0.3 is 0 Å². The Kier molecular flexibility index (Phi) is 5.70. The number of fused-ring (bicyclic) bond motifs is 1. The summed E-state index contributed by atoms with van der Waals surface area (Å²) in [6.07, 6.45) is 1.71. The van der Waals surface area contributed by atoms with Crippen LogP contribution in [0.4, 0.5) is 5.69 Å². The fourth-order valence-corrected chi connectivity index (χ4v) is 5.40. The molecule has 0 bridgehead atoms. The van der Waals surface area contributed by atoms with Crippen LogP contribution in [0.25, 0.3) is 0 Å². The summed E-state index contributed by atoms with van der Waals surface area (Å²) in [6, 6.07) is 22.3. The molecule has 0 fully saturated rings. The van der Waals surface area contributed by atoms with Gasteiger partial charge in [0.15, 0.2) is 0 Å². The first-order valence-corrected chi connectivity index (χ1v) is 10.9. The van der Waals surface area contributed by atoms with Gasteiger partial charge in [0.2, 0.25) is 11.8 Å². The topological polar surface area (TPSA) is 85.5 Å². The second-order valence-corrected chi connectivity index (χ2v) is 9.12. The molecule has 0 aliphatic carbocycles. The molecular weight excluding hydrogens is 414 g/mol. The van der Waals surface area contributed by atoms with Crippen molar-refractivity contribution in [1.82, 2.24) is 4.98 Å². The van der Waals surface area contributed by atoms with Gasteiger partial charge in [-0.2, -0.15) is 0 Å². The van der Waals surface area contributed by atoms with Crippen molar-refractivity contribution in [2.24, 2.45) is 11.7 Å². The number of amides is 2. The van der Waals surface area contributed by atoms with Crippen molar-refractivity contribution < 1.29 is 14.3 Å². The third-order valence-corrected chi connectivity index (χ3v) is 6.64. The molecule has 2 atom stereocenters. The van der Waals surface area contributed by atoms with Crippen LogP contribution >= 0.6 is 0 Å². The Morgan fingerprint density at radius 3 is 2.42 bits per heavy atom. The first-order chi connectivity index (χ1) is 15.7. The molecule has 2 unspecified atom stereocenters. The van der Waals surface area contributed by atoms with E-state index in [9.17, 15) is 9.59 Å². The number of ether oxygens (including phenoxy) is 1. The lowest BCUT2D eigenvalue weighted by molar-refractivity contribution is -0.127. The highest BCUT2D eigenvalue weighted by atomic mass is 16.5. The van der Waals surface area contributed by atoms with Crippen LogP contribution < -0.4 is 15.4 Å². The first kappa shape index (κ1) is 22.5. The SMILES string of the molecule is CC(=O)N1c2cc(OCc3ccccn3)[c]cc2C(C)(c2ccccc2)C(C(N)=O)C1(C)C. The molecule has 33 heavy (non-hydrogen) atoms. The molecular formula is C27H28N3O3. The Bertz CT molecular complexity index is 1180. The lowest BCUT2D eigenvalue weighted by Gasteiger charge is -2.55. The quantitative estimate of drug-likeness (QED) is 0.647. The number of nitrogens with two attached hydrogens (primary N) is 1. The summed E-state index contributed by atoms with van der Waals surface area (Å²) in [6.45, 7) is 7.57. The Hall–Kier alpha value is -3.67. The van der Waals surface area contributed by atoms with Crippen molar-refractivity contribution in [2.75, 3.05) is 4.90 Å². The second kappa shape index (κ2) is 8.35. The van der Waals surface area contributed by atoms with Crippen LogP contribution in [0.3, 0.4) is 0 Å². The van der Waals surface area contributed by atoms with E-state index in [1.54, 1.807) is 11.1 Å². The van der Waals surface area contributed by atoms with Gasteiger partial charge < -0.3 is 15.4 Å². The van der Waals surface area contributed by atoms with E-state index in [4.69, 9.17) is 10.5 Å². The third-order valence-electron chi connectivity index (χ3n) is 6.64. The Morgan fingerprint density at radius 1 is 1.12 bits per heavy atom. The lowest BCUT2D eigenvalue weighted by Crippen LogP contribution is -2.65. The maximum Gasteiger partial charge on any atom is 0.224 e. The zero-order valence-corrected chi connectivity index (χ0v) is 19.3. The number of carbonyl (C=O) groups is 2. The van der Waals surface area contributed by atoms with Crippen molar-refractivity contribution in [1.29, 1.82) is 0 Å². The number of hydrogen-bond acceptors (Lipinski definition) is 4. The van der Waals surface area contributed by atoms with Gasteiger partial charge in [-0.05, 0) is 43.2 Å². The molecule has 3 aromatic rings. The minimum atomic E-state index is -0.880. The standard InChI is InChI=1S/C27H28N3O3/c1-18(31)30-23-16-21(33-17-20-12-8-9-15-29-20)13-14-22(23)27(4,19-10-6-5-7-11-19)24(25(28)32)26(30,2)3/h5-12,14-16,24H,17H2,1-4H3,(H2,28,32). The van der Waals surface area contributed by atoms with Crippen molar-refractivity contribution in [2.45, 2.75) is 45.3 Å². The molecule has 4 rings (SSSR count). The fraction of sp³-hybridized carbons (Fsp3) is 0.296. The van der Waals surface area contributed by atoms with Crippen LogP contribution in [0.5, 0.6) is 5.75 Å². The summed E-state index contributed by atoms with van der Waals surface area (Å²) in [7, 11) is 0. The summed E-state index contributed by atoms with van der Waals surface area (Å²) < 4.78 is 5.95. The highest BCUT2D eigenvalue weighted by molar-refractivity contribution is 5.98. The van der Waals surface area contributed by atoms with Crippen LogP contribution in [-0.4, -0.2) is 22.3 Å². The van der Waals surface area contributed by atoms with Crippen LogP contribution in [0.15, 0.2) is 66.9 Å². The summed E-state index contributed by atoms with van der Waals surface area (Å²) in [4.78, 5) is 31.7. The number of aromatic nitrogens is 1. The van der Waals surface area contributed by atoms with Gasteiger partial charge in [-0.3, -0.25) is 14.6 Å². The average molecular weight is 443 g/mol. The normalized spacial score (nSPS) is 21.2. The number of hydrogen-bond donors (Lipinski definition) is 1. The predicted octanol–water partition coefficient (Wildman–Crippen LogP) is 4.01. The van der Waals surface area contributed by atoms with E-state index in [1.165, 1.54) is 6.92 Å². The van der Waals surface area contributed by atoms with Crippen LogP contribution in [0.1, 0.15) is 44.5 Å². The zero-order valence-electron chi connectivity index (χ0n) is 19.3. The molecule has 6 heteroatoms. The van der Waals surface area contributed by atoms with Gasteiger partial charge in [-0.15, -0.1) is 0 Å². The highest BCUT2D eigenvalue weighted by Crippen LogP contribution is 2.54. The maximum absolute atomic E-state index is 12.9. The van der Waals surface area contributed by atoms with Crippen LogP contribution in [0.2, 0.25) is 0 Å². The van der Waals surface area contributed by atoms with Gasteiger partial charge in [-0.1, -0.05) is 43.3 Å². The molecule has 2 N–H and O–H groups in total. The molecule has 0 saturated heterocycles. The van der Waals surface area contributed by atoms with E-state index in [1.807, 2.05) is 81.4 Å².